The number of anilines is 1. The van der Waals surface area contributed by atoms with Crippen LogP contribution < -0.4 is 10.5 Å². The average Bonchev–Trinajstić information content (AvgIpc) is 2.48. The molecule has 0 atom stereocenters. The molecule has 0 bridgehead atoms. The average molecular weight is 263 g/mol. The van der Waals surface area contributed by atoms with E-state index in [1.165, 1.54) is 11.1 Å². The first-order valence-electron chi connectivity index (χ1n) is 6.63. The summed E-state index contributed by atoms with van der Waals surface area (Å²) >= 11 is 0. The molecule has 0 spiro atoms. The Labute approximate surface area is 118 Å². The zero-order valence-corrected chi connectivity index (χ0v) is 11.7. The van der Waals surface area contributed by atoms with Crippen molar-refractivity contribution >= 4 is 16.5 Å². The van der Waals surface area contributed by atoms with Crippen LogP contribution in [0.2, 0.25) is 0 Å². The SMILES string of the molecule is COc1ccc2cccc(-c3ccccc3C)c2c1N. The van der Waals surface area contributed by atoms with Crippen molar-refractivity contribution in [2.75, 3.05) is 12.8 Å². The lowest BCUT2D eigenvalue weighted by Gasteiger charge is -2.14. The van der Waals surface area contributed by atoms with E-state index in [-0.39, 0.29) is 0 Å². The maximum atomic E-state index is 6.29. The van der Waals surface area contributed by atoms with Gasteiger partial charge in [0.1, 0.15) is 5.75 Å². The molecule has 0 aromatic heterocycles. The molecule has 0 fully saturated rings. The van der Waals surface area contributed by atoms with Gasteiger partial charge >= 0.3 is 0 Å². The van der Waals surface area contributed by atoms with Crippen molar-refractivity contribution in [3.8, 4) is 16.9 Å². The molecule has 2 N–H and O–H groups in total. The third kappa shape index (κ3) is 1.90. The monoisotopic (exact) mass is 263 g/mol. The van der Waals surface area contributed by atoms with Crippen molar-refractivity contribution in [1.29, 1.82) is 0 Å². The number of benzene rings is 3. The van der Waals surface area contributed by atoms with Crippen molar-refractivity contribution in [3.63, 3.8) is 0 Å². The van der Waals surface area contributed by atoms with Gasteiger partial charge in [-0.05, 0) is 35.1 Å². The molecule has 2 nitrogen and oxygen atoms in total. The summed E-state index contributed by atoms with van der Waals surface area (Å²) in [4.78, 5) is 0. The molecule has 3 aromatic rings. The molecule has 100 valence electrons. The summed E-state index contributed by atoms with van der Waals surface area (Å²) in [5.41, 5.74) is 10.6. The number of aryl methyl sites for hydroxylation is 1. The second-order valence-electron chi connectivity index (χ2n) is 4.90. The highest BCUT2D eigenvalue weighted by molar-refractivity contribution is 6.06. The Bertz CT molecular complexity index is 777. The third-order valence-corrected chi connectivity index (χ3v) is 3.70. The van der Waals surface area contributed by atoms with Crippen molar-refractivity contribution in [2.24, 2.45) is 0 Å². The molecule has 2 heteroatoms. The van der Waals surface area contributed by atoms with E-state index in [1.807, 2.05) is 18.2 Å². The molecule has 0 radical (unpaired) electrons. The molecule has 0 saturated carbocycles. The molecule has 0 unspecified atom stereocenters. The lowest BCUT2D eigenvalue weighted by Crippen LogP contribution is -1.95. The minimum atomic E-state index is 0.698. The Balaban J connectivity index is 2.39. The van der Waals surface area contributed by atoms with Gasteiger partial charge in [0.25, 0.3) is 0 Å². The van der Waals surface area contributed by atoms with Crippen LogP contribution in [0.5, 0.6) is 5.75 Å². The van der Waals surface area contributed by atoms with E-state index in [1.54, 1.807) is 7.11 Å². The van der Waals surface area contributed by atoms with Crippen molar-refractivity contribution in [3.05, 3.63) is 60.2 Å². The molecule has 20 heavy (non-hydrogen) atoms. The van der Waals surface area contributed by atoms with E-state index >= 15 is 0 Å². The summed E-state index contributed by atoms with van der Waals surface area (Å²) in [6, 6.07) is 18.6. The highest BCUT2D eigenvalue weighted by Gasteiger charge is 2.11. The van der Waals surface area contributed by atoms with Crippen LogP contribution in [0.3, 0.4) is 0 Å². The fourth-order valence-electron chi connectivity index (χ4n) is 2.67. The number of nitrogens with two attached hydrogens (primary N) is 1. The van der Waals surface area contributed by atoms with E-state index in [2.05, 4.69) is 43.3 Å². The highest BCUT2D eigenvalue weighted by atomic mass is 16.5. The summed E-state index contributed by atoms with van der Waals surface area (Å²) in [6.45, 7) is 2.12. The van der Waals surface area contributed by atoms with Gasteiger partial charge in [-0.1, -0.05) is 48.5 Å². The number of methoxy groups -OCH3 is 1. The van der Waals surface area contributed by atoms with E-state index in [4.69, 9.17) is 10.5 Å². The van der Waals surface area contributed by atoms with Crippen LogP contribution in [0.1, 0.15) is 5.56 Å². The molecule has 0 saturated heterocycles. The molecular formula is C18H17NO. The van der Waals surface area contributed by atoms with Gasteiger partial charge < -0.3 is 10.5 Å². The molecule has 0 amide bonds. The number of nitrogen functional groups attached to an aromatic ring is 1. The lowest BCUT2D eigenvalue weighted by atomic mass is 9.94. The first-order chi connectivity index (χ1) is 9.72. The first kappa shape index (κ1) is 12.5. The summed E-state index contributed by atoms with van der Waals surface area (Å²) in [6.07, 6.45) is 0. The van der Waals surface area contributed by atoms with E-state index < -0.39 is 0 Å². The summed E-state index contributed by atoms with van der Waals surface area (Å²) in [5, 5.41) is 2.19. The Hall–Kier alpha value is -2.48. The summed E-state index contributed by atoms with van der Waals surface area (Å²) in [7, 11) is 1.65. The normalized spacial score (nSPS) is 10.7. The van der Waals surface area contributed by atoms with Crippen LogP contribution in [-0.2, 0) is 0 Å². The van der Waals surface area contributed by atoms with E-state index in [9.17, 15) is 0 Å². The number of ether oxygens (including phenoxy) is 1. The minimum absolute atomic E-state index is 0.698. The van der Waals surface area contributed by atoms with Crippen molar-refractivity contribution < 1.29 is 4.74 Å². The number of rotatable bonds is 2. The standard InChI is InChI=1S/C18H17NO/c1-12-6-3-4-8-14(12)15-9-5-7-13-10-11-16(20-2)18(19)17(13)15/h3-11H,19H2,1-2H3. The highest BCUT2D eigenvalue weighted by Crippen LogP contribution is 2.38. The van der Waals surface area contributed by atoms with Crippen LogP contribution in [0.4, 0.5) is 5.69 Å². The second-order valence-corrected chi connectivity index (χ2v) is 4.90. The fraction of sp³-hybridized carbons (Fsp3) is 0.111. The molecular weight excluding hydrogens is 246 g/mol. The maximum absolute atomic E-state index is 6.29. The van der Waals surface area contributed by atoms with Gasteiger partial charge in [0.05, 0.1) is 12.8 Å². The largest absolute Gasteiger partial charge is 0.495 e. The lowest BCUT2D eigenvalue weighted by molar-refractivity contribution is 0.417. The van der Waals surface area contributed by atoms with Gasteiger partial charge in [-0.25, -0.2) is 0 Å². The van der Waals surface area contributed by atoms with Crippen LogP contribution in [0.15, 0.2) is 54.6 Å². The number of hydrogen-bond acceptors (Lipinski definition) is 2. The Morgan fingerprint density at radius 1 is 0.850 bits per heavy atom. The molecule has 0 aliphatic heterocycles. The van der Waals surface area contributed by atoms with E-state index in [0.717, 1.165) is 22.1 Å². The first-order valence-corrected chi connectivity index (χ1v) is 6.63. The molecule has 3 rings (SSSR count). The van der Waals surface area contributed by atoms with E-state index in [0.29, 0.717) is 5.69 Å². The Morgan fingerprint density at radius 2 is 1.60 bits per heavy atom. The predicted octanol–water partition coefficient (Wildman–Crippen LogP) is 4.41. The van der Waals surface area contributed by atoms with Crippen LogP contribution in [0, 0.1) is 6.92 Å². The van der Waals surface area contributed by atoms with Crippen LogP contribution >= 0.6 is 0 Å². The third-order valence-electron chi connectivity index (χ3n) is 3.70. The molecule has 0 heterocycles. The summed E-state index contributed by atoms with van der Waals surface area (Å²) in [5.74, 6) is 0.721. The van der Waals surface area contributed by atoms with Gasteiger partial charge in [-0.3, -0.25) is 0 Å². The topological polar surface area (TPSA) is 35.2 Å². The van der Waals surface area contributed by atoms with Gasteiger partial charge in [0.2, 0.25) is 0 Å². The minimum Gasteiger partial charge on any atom is -0.495 e. The van der Waals surface area contributed by atoms with Gasteiger partial charge in [0, 0.05) is 5.39 Å². The van der Waals surface area contributed by atoms with Crippen LogP contribution in [0.25, 0.3) is 21.9 Å². The molecule has 3 aromatic carbocycles. The van der Waals surface area contributed by atoms with Gasteiger partial charge in [-0.15, -0.1) is 0 Å². The number of hydrogen-bond donors (Lipinski definition) is 1. The zero-order chi connectivity index (χ0) is 14.1. The Kier molecular flexibility index (Phi) is 3.07. The van der Waals surface area contributed by atoms with Gasteiger partial charge in [-0.2, -0.15) is 0 Å². The second kappa shape index (κ2) is 4.89. The molecule has 0 aliphatic rings. The smallest absolute Gasteiger partial charge is 0.142 e. The predicted molar refractivity (Wildman–Crippen MR) is 85.1 cm³/mol. The van der Waals surface area contributed by atoms with Crippen molar-refractivity contribution in [2.45, 2.75) is 6.92 Å². The Morgan fingerprint density at radius 3 is 2.35 bits per heavy atom. The summed E-state index contributed by atoms with van der Waals surface area (Å²) < 4.78 is 5.35. The molecule has 0 aliphatic carbocycles. The quantitative estimate of drug-likeness (QED) is 0.695. The van der Waals surface area contributed by atoms with Gasteiger partial charge in [0.15, 0.2) is 0 Å². The number of fused-ring (bicyclic) bond motifs is 1. The van der Waals surface area contributed by atoms with Crippen molar-refractivity contribution in [1.82, 2.24) is 0 Å². The zero-order valence-electron chi connectivity index (χ0n) is 11.7. The maximum Gasteiger partial charge on any atom is 0.142 e. The fourth-order valence-corrected chi connectivity index (χ4v) is 2.67. The van der Waals surface area contributed by atoms with Crippen LogP contribution in [-0.4, -0.2) is 7.11 Å².